The van der Waals surface area contributed by atoms with Crippen molar-refractivity contribution in [2.75, 3.05) is 13.2 Å². The fourth-order valence-corrected chi connectivity index (χ4v) is 3.78. The second-order valence-electron chi connectivity index (χ2n) is 9.81. The zero-order valence-corrected chi connectivity index (χ0v) is 20.7. The van der Waals surface area contributed by atoms with Crippen molar-refractivity contribution in [3.63, 3.8) is 0 Å². The van der Waals surface area contributed by atoms with E-state index < -0.39 is 36.3 Å². The lowest BCUT2D eigenvalue weighted by Gasteiger charge is -2.35. The maximum absolute atomic E-state index is 13.7. The van der Waals surface area contributed by atoms with Crippen molar-refractivity contribution < 1.29 is 24.2 Å². The molecule has 0 spiro atoms. The molecule has 2 rings (SSSR count). The maximum Gasteiger partial charge on any atom is 0.408 e. The molecular weight excluding hydrogens is 422 g/mol. The van der Waals surface area contributed by atoms with Gasteiger partial charge < -0.3 is 25.4 Å². The number of aryl methyl sites for hydroxylation is 1. The van der Waals surface area contributed by atoms with Crippen LogP contribution in [0.25, 0.3) is 0 Å². The Labute approximate surface area is 197 Å². The summed E-state index contributed by atoms with van der Waals surface area (Å²) in [7, 11) is 0. The number of hydrogen-bond donors (Lipinski definition) is 3. The molecule has 1 aromatic carbocycles. The van der Waals surface area contributed by atoms with Gasteiger partial charge in [-0.25, -0.2) is 4.79 Å². The smallest absolute Gasteiger partial charge is 0.408 e. The third-order valence-electron chi connectivity index (χ3n) is 5.69. The highest BCUT2D eigenvalue weighted by atomic mass is 16.6. The van der Waals surface area contributed by atoms with E-state index in [1.165, 1.54) is 0 Å². The average Bonchev–Trinajstić information content (AvgIpc) is 3.45. The van der Waals surface area contributed by atoms with Crippen molar-refractivity contribution in [1.29, 1.82) is 0 Å². The predicted octanol–water partition coefficient (Wildman–Crippen LogP) is 3.08. The molecule has 0 aromatic heterocycles. The number of hydrogen-bond acceptors (Lipinski definition) is 5. The van der Waals surface area contributed by atoms with E-state index in [2.05, 4.69) is 10.6 Å². The molecule has 184 valence electrons. The molecule has 33 heavy (non-hydrogen) atoms. The Morgan fingerprint density at radius 2 is 1.88 bits per heavy atom. The van der Waals surface area contributed by atoms with Gasteiger partial charge in [0.05, 0.1) is 6.61 Å². The van der Waals surface area contributed by atoms with Crippen molar-refractivity contribution in [3.8, 4) is 0 Å². The summed E-state index contributed by atoms with van der Waals surface area (Å²) in [5, 5.41) is 15.4. The van der Waals surface area contributed by atoms with E-state index in [9.17, 15) is 19.5 Å². The molecule has 0 bridgehead atoms. The van der Waals surface area contributed by atoms with Gasteiger partial charge >= 0.3 is 6.09 Å². The van der Waals surface area contributed by atoms with E-state index in [4.69, 9.17) is 4.74 Å². The van der Waals surface area contributed by atoms with Crippen LogP contribution in [0.3, 0.4) is 0 Å². The molecule has 0 heterocycles. The van der Waals surface area contributed by atoms with E-state index in [-0.39, 0.29) is 17.9 Å². The van der Waals surface area contributed by atoms with Crippen LogP contribution in [0.1, 0.15) is 71.0 Å². The normalized spacial score (nSPS) is 19.2. The topological polar surface area (TPSA) is 108 Å². The lowest BCUT2D eigenvalue weighted by atomic mass is 9.97. The first-order valence-corrected chi connectivity index (χ1v) is 11.8. The molecule has 0 aliphatic heterocycles. The number of carbonyl (C=O) groups excluding carboxylic acids is 3. The Morgan fingerprint density at radius 3 is 2.39 bits per heavy atom. The highest BCUT2D eigenvalue weighted by Gasteiger charge is 2.48. The Morgan fingerprint density at radius 1 is 1.24 bits per heavy atom. The van der Waals surface area contributed by atoms with E-state index >= 15 is 0 Å². The van der Waals surface area contributed by atoms with Crippen molar-refractivity contribution in [2.24, 2.45) is 5.92 Å². The van der Waals surface area contributed by atoms with Crippen LogP contribution in [-0.4, -0.2) is 58.8 Å². The molecule has 1 fully saturated rings. The van der Waals surface area contributed by atoms with E-state index in [0.29, 0.717) is 6.54 Å². The molecule has 1 saturated carbocycles. The van der Waals surface area contributed by atoms with Crippen molar-refractivity contribution in [3.05, 3.63) is 35.4 Å². The number of aliphatic hydroxyl groups excluding tert-OH is 1. The van der Waals surface area contributed by atoms with Crippen LogP contribution in [-0.2, 0) is 14.3 Å². The molecule has 4 unspecified atom stereocenters. The summed E-state index contributed by atoms with van der Waals surface area (Å²) < 4.78 is 5.26. The Bertz CT molecular complexity index is 836. The van der Waals surface area contributed by atoms with Crippen molar-refractivity contribution in [2.45, 2.75) is 84.5 Å². The monoisotopic (exact) mass is 461 g/mol. The number of benzene rings is 1. The number of carbonyl (C=O) groups is 3. The first kappa shape index (κ1) is 26.6. The Kier molecular flexibility index (Phi) is 9.28. The zero-order chi connectivity index (χ0) is 24.8. The molecule has 8 heteroatoms. The second kappa shape index (κ2) is 11.5. The number of aliphatic hydroxyl groups is 1. The number of amides is 3. The standard InChI is InChI=1S/C25H39N3O5/c1-7-8-13-26-22(30)21(18-12-10-9-11-16(18)2)28(20-14-17(20)3)23(31)19(15-29)27-24(32)33-25(4,5)6/h9-12,17,19-21,29H,7-8,13-15H2,1-6H3,(H,26,30)(H,27,32). The molecule has 3 amide bonds. The summed E-state index contributed by atoms with van der Waals surface area (Å²) in [5.74, 6) is -0.555. The molecule has 8 nitrogen and oxygen atoms in total. The minimum absolute atomic E-state index is 0.159. The summed E-state index contributed by atoms with van der Waals surface area (Å²) in [6.45, 7) is 11.0. The summed E-state index contributed by atoms with van der Waals surface area (Å²) in [6, 6.07) is 5.24. The first-order valence-electron chi connectivity index (χ1n) is 11.8. The van der Waals surface area contributed by atoms with Crippen molar-refractivity contribution in [1.82, 2.24) is 15.5 Å². The number of unbranched alkanes of at least 4 members (excludes halogenated alkanes) is 1. The molecule has 1 aromatic rings. The van der Waals surface area contributed by atoms with Crippen LogP contribution in [0.5, 0.6) is 0 Å². The minimum atomic E-state index is -1.22. The van der Waals surface area contributed by atoms with Gasteiger partial charge in [-0.15, -0.1) is 0 Å². The van der Waals surface area contributed by atoms with Gasteiger partial charge in [-0.1, -0.05) is 44.5 Å². The predicted molar refractivity (Wildman–Crippen MR) is 126 cm³/mol. The fourth-order valence-electron chi connectivity index (χ4n) is 3.78. The van der Waals surface area contributed by atoms with Gasteiger partial charge in [0.25, 0.3) is 0 Å². The van der Waals surface area contributed by atoms with E-state index in [0.717, 1.165) is 30.4 Å². The van der Waals surface area contributed by atoms with Gasteiger partial charge in [0.2, 0.25) is 11.8 Å². The number of ether oxygens (including phenoxy) is 1. The van der Waals surface area contributed by atoms with Crippen LogP contribution in [0.2, 0.25) is 0 Å². The molecule has 0 radical (unpaired) electrons. The van der Waals surface area contributed by atoms with Gasteiger partial charge in [-0.2, -0.15) is 0 Å². The highest BCUT2D eigenvalue weighted by molar-refractivity contribution is 5.93. The lowest BCUT2D eigenvalue weighted by molar-refractivity contribution is -0.144. The quantitative estimate of drug-likeness (QED) is 0.464. The van der Waals surface area contributed by atoms with Crippen LogP contribution >= 0.6 is 0 Å². The molecular formula is C25H39N3O5. The molecule has 3 N–H and O–H groups in total. The zero-order valence-electron chi connectivity index (χ0n) is 20.7. The summed E-state index contributed by atoms with van der Waals surface area (Å²) in [6.07, 6.45) is 1.73. The lowest BCUT2D eigenvalue weighted by Crippen LogP contribution is -2.55. The van der Waals surface area contributed by atoms with Crippen LogP contribution < -0.4 is 10.6 Å². The highest BCUT2D eigenvalue weighted by Crippen LogP contribution is 2.41. The SMILES string of the molecule is CCCCNC(=O)C(c1ccccc1C)N(C(=O)C(CO)NC(=O)OC(C)(C)C)C1CC1C. The van der Waals surface area contributed by atoms with E-state index in [1.54, 1.807) is 25.7 Å². The third-order valence-corrected chi connectivity index (χ3v) is 5.69. The Hall–Kier alpha value is -2.61. The second-order valence-corrected chi connectivity index (χ2v) is 9.81. The first-order chi connectivity index (χ1) is 15.5. The van der Waals surface area contributed by atoms with Gasteiger partial charge in [0.15, 0.2) is 0 Å². The molecule has 0 saturated heterocycles. The average molecular weight is 462 g/mol. The summed E-state index contributed by atoms with van der Waals surface area (Å²) in [5.41, 5.74) is 0.869. The molecule has 1 aliphatic carbocycles. The van der Waals surface area contributed by atoms with Crippen molar-refractivity contribution >= 4 is 17.9 Å². The van der Waals surface area contributed by atoms with Crippen LogP contribution in [0.15, 0.2) is 24.3 Å². The van der Waals surface area contributed by atoms with E-state index in [1.807, 2.05) is 45.0 Å². The molecule has 1 aliphatic rings. The largest absolute Gasteiger partial charge is 0.444 e. The van der Waals surface area contributed by atoms with Gasteiger partial charge in [0.1, 0.15) is 17.7 Å². The van der Waals surface area contributed by atoms with Crippen LogP contribution in [0.4, 0.5) is 4.79 Å². The fraction of sp³-hybridized carbons (Fsp3) is 0.640. The maximum atomic E-state index is 13.7. The number of alkyl carbamates (subject to hydrolysis) is 1. The van der Waals surface area contributed by atoms with Crippen LogP contribution in [0, 0.1) is 12.8 Å². The van der Waals surface area contributed by atoms with Gasteiger partial charge in [-0.3, -0.25) is 9.59 Å². The number of nitrogens with one attached hydrogen (secondary N) is 2. The molecule has 4 atom stereocenters. The Balaban J connectivity index is 2.39. The van der Waals surface area contributed by atoms with Gasteiger partial charge in [-0.05, 0) is 57.6 Å². The minimum Gasteiger partial charge on any atom is -0.444 e. The van der Waals surface area contributed by atoms with Gasteiger partial charge in [0, 0.05) is 12.6 Å². The number of nitrogens with zero attached hydrogens (tertiary/aromatic N) is 1. The third kappa shape index (κ3) is 7.45. The summed E-state index contributed by atoms with van der Waals surface area (Å²) in [4.78, 5) is 40.9. The number of rotatable bonds is 10. The summed E-state index contributed by atoms with van der Waals surface area (Å²) >= 11 is 0.